The quantitative estimate of drug-likeness (QED) is 0.129. The lowest BCUT2D eigenvalue weighted by Crippen LogP contribution is -2.15. The molecule has 0 saturated carbocycles. The summed E-state index contributed by atoms with van der Waals surface area (Å²) in [6.45, 7) is 7.03. The van der Waals surface area contributed by atoms with Gasteiger partial charge in [0.15, 0.2) is 0 Å². The predicted octanol–water partition coefficient (Wildman–Crippen LogP) is 6.15. The second-order valence-corrected chi connectivity index (χ2v) is 7.70. The highest BCUT2D eigenvalue weighted by Crippen LogP contribution is 2.13. The Morgan fingerprint density at radius 1 is 0.690 bits per heavy atom. The number of rotatable bonds is 21. The monoisotopic (exact) mass is 412 g/mol. The molecule has 0 atom stereocenters. The summed E-state index contributed by atoms with van der Waals surface area (Å²) in [5.41, 5.74) is 0.101. The molecule has 0 aliphatic rings. The Bertz CT molecular complexity index is 419. The van der Waals surface area contributed by atoms with E-state index in [2.05, 4.69) is 18.2 Å². The van der Waals surface area contributed by atoms with Gasteiger partial charge in [0.1, 0.15) is 6.61 Å². The highest BCUT2D eigenvalue weighted by molar-refractivity contribution is 5.93. The van der Waals surface area contributed by atoms with Crippen LogP contribution in [0.2, 0.25) is 0 Å². The van der Waals surface area contributed by atoms with Gasteiger partial charge in [-0.1, -0.05) is 97.0 Å². The van der Waals surface area contributed by atoms with Crippen molar-refractivity contribution in [2.24, 2.45) is 0 Å². The molecule has 0 rings (SSSR count). The van der Waals surface area contributed by atoms with Crippen molar-refractivity contribution in [3.05, 3.63) is 12.2 Å². The summed E-state index contributed by atoms with van der Waals surface area (Å²) in [6, 6.07) is 0. The van der Waals surface area contributed by atoms with Crippen molar-refractivity contribution in [1.82, 2.24) is 0 Å². The van der Waals surface area contributed by atoms with E-state index in [1.54, 1.807) is 0 Å². The summed E-state index contributed by atoms with van der Waals surface area (Å²) >= 11 is 0. The first-order valence-corrected chi connectivity index (χ1v) is 11.6. The fourth-order valence-electron chi connectivity index (χ4n) is 3.11. The van der Waals surface area contributed by atoms with Gasteiger partial charge in [-0.05, 0) is 6.42 Å². The van der Waals surface area contributed by atoms with Crippen LogP contribution in [0.15, 0.2) is 12.2 Å². The third kappa shape index (κ3) is 19.7. The van der Waals surface area contributed by atoms with Crippen LogP contribution in [0.4, 0.5) is 0 Å². The minimum Gasteiger partial charge on any atom is -0.469 e. The van der Waals surface area contributed by atoms with Crippen molar-refractivity contribution in [1.29, 1.82) is 0 Å². The fraction of sp³-hybridized carbons (Fsp3) is 0.833. The average molecular weight is 413 g/mol. The highest BCUT2D eigenvalue weighted by atomic mass is 16.6. The van der Waals surface area contributed by atoms with Crippen LogP contribution in [-0.4, -0.2) is 38.9 Å². The molecule has 5 nitrogen and oxygen atoms in total. The van der Waals surface area contributed by atoms with Crippen LogP contribution in [0.1, 0.15) is 103 Å². The first-order chi connectivity index (χ1) is 14.1. The molecule has 0 aromatic heterocycles. The number of hydrogen-bond acceptors (Lipinski definition) is 5. The van der Waals surface area contributed by atoms with E-state index in [9.17, 15) is 9.59 Å². The van der Waals surface area contributed by atoms with Gasteiger partial charge in [0, 0.05) is 12.2 Å². The van der Waals surface area contributed by atoms with Crippen molar-refractivity contribution in [3.8, 4) is 0 Å². The van der Waals surface area contributed by atoms with Crippen molar-refractivity contribution < 1.29 is 23.8 Å². The molecule has 0 spiro atoms. The largest absolute Gasteiger partial charge is 0.469 e. The number of hydrogen-bond donors (Lipinski definition) is 0. The van der Waals surface area contributed by atoms with E-state index in [0.29, 0.717) is 13.2 Å². The molecule has 0 unspecified atom stereocenters. The second kappa shape index (κ2) is 21.4. The van der Waals surface area contributed by atoms with E-state index in [1.165, 1.54) is 90.6 Å². The number of methoxy groups -OCH3 is 1. The zero-order valence-electron chi connectivity index (χ0n) is 19.0. The summed E-state index contributed by atoms with van der Waals surface area (Å²) < 4.78 is 15.0. The van der Waals surface area contributed by atoms with E-state index in [0.717, 1.165) is 6.42 Å². The standard InChI is InChI=1S/C24H44O5/c1-4-5-6-7-8-9-10-11-12-13-14-15-16-17-18-28-19-20-29-24(26)22(2)21-23(25)27-3/h2,4-21H2,1,3H3. The molecular formula is C24H44O5. The highest BCUT2D eigenvalue weighted by Gasteiger charge is 2.13. The maximum atomic E-state index is 11.6. The van der Waals surface area contributed by atoms with E-state index in [4.69, 9.17) is 9.47 Å². The molecule has 29 heavy (non-hydrogen) atoms. The topological polar surface area (TPSA) is 61.8 Å². The SMILES string of the molecule is C=C(CC(=O)OC)C(=O)OCCOCCCCCCCCCCCCCCCC. The number of carbonyl (C=O) groups is 2. The van der Waals surface area contributed by atoms with Gasteiger partial charge in [-0.3, -0.25) is 4.79 Å². The average Bonchev–Trinajstić information content (AvgIpc) is 2.72. The molecule has 0 fully saturated rings. The molecule has 0 amide bonds. The van der Waals surface area contributed by atoms with Gasteiger partial charge in [0.2, 0.25) is 0 Å². The Balaban J connectivity index is 3.23. The molecule has 0 aromatic carbocycles. The van der Waals surface area contributed by atoms with Crippen LogP contribution in [0, 0.1) is 0 Å². The minimum absolute atomic E-state index is 0.101. The normalized spacial score (nSPS) is 10.7. The van der Waals surface area contributed by atoms with E-state index in [1.807, 2.05) is 0 Å². The first kappa shape index (κ1) is 27.6. The summed E-state index contributed by atoms with van der Waals surface area (Å²) in [4.78, 5) is 22.6. The van der Waals surface area contributed by atoms with Crippen LogP contribution >= 0.6 is 0 Å². The fourth-order valence-corrected chi connectivity index (χ4v) is 3.11. The van der Waals surface area contributed by atoms with Crippen LogP contribution < -0.4 is 0 Å². The summed E-state index contributed by atoms with van der Waals surface area (Å²) in [5, 5.41) is 0. The Morgan fingerprint density at radius 3 is 1.66 bits per heavy atom. The molecule has 0 aromatic rings. The molecule has 0 radical (unpaired) electrons. The summed E-state index contributed by atoms with van der Waals surface area (Å²) in [5.74, 6) is -1.07. The van der Waals surface area contributed by atoms with Gasteiger partial charge in [-0.15, -0.1) is 0 Å². The van der Waals surface area contributed by atoms with Crippen LogP contribution in [0.5, 0.6) is 0 Å². The molecular weight excluding hydrogens is 368 g/mol. The Hall–Kier alpha value is -1.36. The van der Waals surface area contributed by atoms with Crippen molar-refractivity contribution >= 4 is 11.9 Å². The Kier molecular flexibility index (Phi) is 20.3. The van der Waals surface area contributed by atoms with Crippen LogP contribution in [0.25, 0.3) is 0 Å². The molecule has 0 N–H and O–H groups in total. The lowest BCUT2D eigenvalue weighted by Gasteiger charge is -2.07. The minimum atomic E-state index is -0.574. The third-order valence-electron chi connectivity index (χ3n) is 4.98. The van der Waals surface area contributed by atoms with Crippen molar-refractivity contribution in [2.45, 2.75) is 103 Å². The van der Waals surface area contributed by atoms with Gasteiger partial charge >= 0.3 is 11.9 Å². The van der Waals surface area contributed by atoms with Gasteiger partial charge in [0.25, 0.3) is 0 Å². The number of ether oxygens (including phenoxy) is 3. The first-order valence-electron chi connectivity index (χ1n) is 11.6. The molecule has 0 aliphatic heterocycles. The number of unbranched alkanes of at least 4 members (excludes halogenated alkanes) is 13. The summed E-state index contributed by atoms with van der Waals surface area (Å²) in [6.07, 6.45) is 18.6. The maximum Gasteiger partial charge on any atom is 0.334 e. The summed E-state index contributed by atoms with van der Waals surface area (Å²) in [7, 11) is 1.27. The van der Waals surface area contributed by atoms with E-state index >= 15 is 0 Å². The second-order valence-electron chi connectivity index (χ2n) is 7.70. The zero-order chi connectivity index (χ0) is 21.6. The molecule has 0 heterocycles. The smallest absolute Gasteiger partial charge is 0.334 e. The zero-order valence-corrected chi connectivity index (χ0v) is 19.0. The molecule has 5 heteroatoms. The van der Waals surface area contributed by atoms with E-state index < -0.39 is 11.9 Å². The van der Waals surface area contributed by atoms with Gasteiger partial charge in [-0.25, -0.2) is 4.79 Å². The number of carbonyl (C=O) groups excluding carboxylic acids is 2. The lowest BCUT2D eigenvalue weighted by molar-refractivity contribution is -0.145. The molecule has 0 bridgehead atoms. The van der Waals surface area contributed by atoms with Crippen LogP contribution in [-0.2, 0) is 23.8 Å². The maximum absolute atomic E-state index is 11.6. The number of esters is 2. The van der Waals surface area contributed by atoms with Crippen LogP contribution in [0.3, 0.4) is 0 Å². The molecule has 0 aliphatic carbocycles. The van der Waals surface area contributed by atoms with E-state index in [-0.39, 0.29) is 18.6 Å². The van der Waals surface area contributed by atoms with Crippen molar-refractivity contribution in [3.63, 3.8) is 0 Å². The van der Waals surface area contributed by atoms with Gasteiger partial charge in [-0.2, -0.15) is 0 Å². The van der Waals surface area contributed by atoms with Crippen molar-refractivity contribution in [2.75, 3.05) is 26.9 Å². The third-order valence-corrected chi connectivity index (χ3v) is 4.98. The molecule has 0 saturated heterocycles. The van der Waals surface area contributed by atoms with Gasteiger partial charge < -0.3 is 14.2 Å². The van der Waals surface area contributed by atoms with Gasteiger partial charge in [0.05, 0.1) is 20.1 Å². The Labute approximate surface area is 178 Å². The lowest BCUT2D eigenvalue weighted by atomic mass is 10.0. The predicted molar refractivity (Wildman–Crippen MR) is 118 cm³/mol. The molecule has 170 valence electrons. The Morgan fingerprint density at radius 2 is 1.17 bits per heavy atom.